The van der Waals surface area contributed by atoms with Gasteiger partial charge in [-0.2, -0.15) is 0 Å². The minimum atomic E-state index is 0.000177. The molecule has 0 aliphatic carbocycles. The van der Waals surface area contributed by atoms with E-state index >= 15 is 0 Å². The Labute approximate surface area is 190 Å². The van der Waals surface area contributed by atoms with Gasteiger partial charge in [-0.3, -0.25) is 4.79 Å². The first-order valence-corrected chi connectivity index (χ1v) is 10.9. The van der Waals surface area contributed by atoms with Crippen molar-refractivity contribution >= 4 is 40.0 Å². The van der Waals surface area contributed by atoms with Crippen molar-refractivity contribution in [1.82, 2.24) is 24.5 Å². The lowest BCUT2D eigenvalue weighted by molar-refractivity contribution is -0.135. The molecule has 0 atom stereocenters. The predicted octanol–water partition coefficient (Wildman–Crippen LogP) is 3.20. The fraction of sp³-hybridized carbons (Fsp3) is 0.304. The van der Waals surface area contributed by atoms with E-state index in [1.54, 1.807) is 0 Å². The molecule has 0 bridgehead atoms. The van der Waals surface area contributed by atoms with Gasteiger partial charge in [-0.15, -0.1) is 10.2 Å². The number of anilines is 1. The molecule has 3 heterocycles. The van der Waals surface area contributed by atoms with Crippen molar-refractivity contribution in [2.45, 2.75) is 6.92 Å². The van der Waals surface area contributed by atoms with Gasteiger partial charge < -0.3 is 14.5 Å². The summed E-state index contributed by atoms with van der Waals surface area (Å²) in [5.41, 5.74) is 3.64. The Kier molecular flexibility index (Phi) is 5.40. The fourth-order valence-corrected chi connectivity index (χ4v) is 4.23. The van der Waals surface area contributed by atoms with Gasteiger partial charge in [-0.05, 0) is 25.1 Å². The number of methoxy groups -OCH3 is 1. The normalized spacial score (nSPS) is 14.5. The molecule has 1 amide bonds. The van der Waals surface area contributed by atoms with Gasteiger partial charge in [0.05, 0.1) is 5.52 Å². The van der Waals surface area contributed by atoms with Crippen LogP contribution in [0.2, 0.25) is 5.02 Å². The Morgan fingerprint density at radius 2 is 1.81 bits per heavy atom. The van der Waals surface area contributed by atoms with Gasteiger partial charge in [0, 0.05) is 49.3 Å². The van der Waals surface area contributed by atoms with E-state index in [1.165, 1.54) is 12.7 Å². The number of carbonyl (C=O) groups excluding carboxylic acids is 1. The fourth-order valence-electron chi connectivity index (χ4n) is 4.06. The molecule has 1 aliphatic heterocycles. The number of aryl methyl sites for hydroxylation is 1. The number of hydrogen-bond donors (Lipinski definition) is 0. The molecule has 32 heavy (non-hydrogen) atoms. The SMILES string of the molecule is COCC(=O)N1CCN(c2nc3cc(Cl)ccc3c3nnc(-c4ccc(C)cc4)n23)CC1. The highest BCUT2D eigenvalue weighted by molar-refractivity contribution is 6.31. The van der Waals surface area contributed by atoms with Gasteiger partial charge in [0.15, 0.2) is 11.5 Å². The summed E-state index contributed by atoms with van der Waals surface area (Å²) in [6.45, 7) is 4.65. The Morgan fingerprint density at radius 1 is 1.06 bits per heavy atom. The number of carbonyl (C=O) groups is 1. The van der Waals surface area contributed by atoms with Gasteiger partial charge in [0.25, 0.3) is 0 Å². The molecular formula is C23H23ClN6O2. The van der Waals surface area contributed by atoms with Crippen molar-refractivity contribution < 1.29 is 9.53 Å². The number of hydrogen-bond acceptors (Lipinski definition) is 6. The highest BCUT2D eigenvalue weighted by atomic mass is 35.5. The number of piperazine rings is 1. The van der Waals surface area contributed by atoms with Crippen LogP contribution in [0.15, 0.2) is 42.5 Å². The Balaban J connectivity index is 1.62. The molecule has 2 aromatic carbocycles. The molecule has 164 valence electrons. The first-order chi connectivity index (χ1) is 15.5. The van der Waals surface area contributed by atoms with E-state index in [0.717, 1.165) is 33.9 Å². The van der Waals surface area contributed by atoms with Gasteiger partial charge in [0.2, 0.25) is 11.9 Å². The molecular weight excluding hydrogens is 428 g/mol. The molecule has 1 fully saturated rings. The van der Waals surface area contributed by atoms with Crippen LogP contribution >= 0.6 is 11.6 Å². The minimum Gasteiger partial charge on any atom is -0.375 e. The summed E-state index contributed by atoms with van der Waals surface area (Å²) < 4.78 is 7.01. The number of halogens is 1. The highest BCUT2D eigenvalue weighted by Crippen LogP contribution is 2.30. The first-order valence-electron chi connectivity index (χ1n) is 10.5. The lowest BCUT2D eigenvalue weighted by Gasteiger charge is -2.35. The largest absolute Gasteiger partial charge is 0.375 e. The predicted molar refractivity (Wildman–Crippen MR) is 124 cm³/mol. The lowest BCUT2D eigenvalue weighted by atomic mass is 10.1. The molecule has 5 rings (SSSR count). The summed E-state index contributed by atoms with van der Waals surface area (Å²) in [5.74, 6) is 1.48. The molecule has 9 heteroatoms. The van der Waals surface area contributed by atoms with Crippen LogP contribution in [-0.2, 0) is 9.53 Å². The number of fused-ring (bicyclic) bond motifs is 3. The number of aromatic nitrogens is 4. The third-order valence-electron chi connectivity index (χ3n) is 5.78. The molecule has 1 saturated heterocycles. The molecule has 8 nitrogen and oxygen atoms in total. The maximum Gasteiger partial charge on any atom is 0.248 e. The molecule has 1 aliphatic rings. The molecule has 2 aromatic heterocycles. The van der Waals surface area contributed by atoms with E-state index in [-0.39, 0.29) is 12.5 Å². The standard InChI is InChI=1S/C23H23ClN6O2/c1-15-3-5-16(6-4-15)21-26-27-22-18-8-7-17(24)13-19(18)25-23(30(21)22)29-11-9-28(10-12-29)20(31)14-32-2/h3-8,13H,9-12,14H2,1-2H3. The van der Waals surface area contributed by atoms with Crippen LogP contribution in [0, 0.1) is 6.92 Å². The molecule has 0 spiro atoms. The molecule has 0 unspecified atom stereocenters. The average Bonchev–Trinajstić information content (AvgIpc) is 3.24. The highest BCUT2D eigenvalue weighted by Gasteiger charge is 2.26. The number of nitrogens with zero attached hydrogens (tertiary/aromatic N) is 6. The summed E-state index contributed by atoms with van der Waals surface area (Å²) in [5, 5.41) is 10.5. The van der Waals surface area contributed by atoms with Crippen LogP contribution in [0.5, 0.6) is 0 Å². The third-order valence-corrected chi connectivity index (χ3v) is 6.01. The summed E-state index contributed by atoms with van der Waals surface area (Å²) >= 11 is 6.26. The second-order valence-electron chi connectivity index (χ2n) is 7.92. The zero-order valence-corrected chi connectivity index (χ0v) is 18.7. The Hall–Kier alpha value is -3.23. The van der Waals surface area contributed by atoms with E-state index in [1.807, 2.05) is 39.6 Å². The van der Waals surface area contributed by atoms with Gasteiger partial charge in [-0.25, -0.2) is 9.38 Å². The second kappa shape index (κ2) is 8.37. The number of benzene rings is 2. The van der Waals surface area contributed by atoms with Crippen molar-refractivity contribution in [3.63, 3.8) is 0 Å². The van der Waals surface area contributed by atoms with Crippen molar-refractivity contribution in [1.29, 1.82) is 0 Å². The van der Waals surface area contributed by atoms with Crippen LogP contribution in [0.25, 0.3) is 27.9 Å². The zero-order chi connectivity index (χ0) is 22.2. The number of ether oxygens (including phenoxy) is 1. The van der Waals surface area contributed by atoms with Crippen LogP contribution < -0.4 is 4.90 Å². The van der Waals surface area contributed by atoms with Crippen molar-refractivity contribution in [3.8, 4) is 11.4 Å². The minimum absolute atomic E-state index is 0.000177. The van der Waals surface area contributed by atoms with Crippen LogP contribution in [-0.4, -0.2) is 70.3 Å². The topological polar surface area (TPSA) is 75.9 Å². The average molecular weight is 451 g/mol. The van der Waals surface area contributed by atoms with E-state index in [2.05, 4.69) is 34.2 Å². The third kappa shape index (κ3) is 3.65. The van der Waals surface area contributed by atoms with E-state index in [9.17, 15) is 4.79 Å². The summed E-state index contributed by atoms with van der Waals surface area (Å²) in [7, 11) is 1.54. The van der Waals surface area contributed by atoms with E-state index < -0.39 is 0 Å². The van der Waals surface area contributed by atoms with Gasteiger partial charge >= 0.3 is 0 Å². The van der Waals surface area contributed by atoms with Crippen LogP contribution in [0.4, 0.5) is 5.95 Å². The maximum absolute atomic E-state index is 12.2. The number of amides is 1. The molecule has 0 radical (unpaired) electrons. The van der Waals surface area contributed by atoms with Crippen LogP contribution in [0.3, 0.4) is 0 Å². The Morgan fingerprint density at radius 3 is 2.53 bits per heavy atom. The molecule has 0 saturated carbocycles. The van der Waals surface area contributed by atoms with Crippen molar-refractivity contribution in [3.05, 3.63) is 53.1 Å². The zero-order valence-electron chi connectivity index (χ0n) is 18.0. The quantitative estimate of drug-likeness (QED) is 0.475. The van der Waals surface area contributed by atoms with Crippen molar-refractivity contribution in [2.24, 2.45) is 0 Å². The second-order valence-corrected chi connectivity index (χ2v) is 8.36. The van der Waals surface area contributed by atoms with Crippen LogP contribution in [0.1, 0.15) is 5.56 Å². The summed E-state index contributed by atoms with van der Waals surface area (Å²) in [6, 6.07) is 13.8. The van der Waals surface area contributed by atoms with E-state index in [0.29, 0.717) is 31.2 Å². The van der Waals surface area contributed by atoms with Crippen molar-refractivity contribution in [2.75, 3.05) is 44.8 Å². The monoisotopic (exact) mass is 450 g/mol. The smallest absolute Gasteiger partial charge is 0.248 e. The molecule has 4 aromatic rings. The Bertz CT molecular complexity index is 1300. The summed E-state index contributed by atoms with van der Waals surface area (Å²) in [6.07, 6.45) is 0. The maximum atomic E-state index is 12.2. The van der Waals surface area contributed by atoms with E-state index in [4.69, 9.17) is 21.3 Å². The first kappa shape index (κ1) is 20.7. The number of rotatable bonds is 4. The van der Waals surface area contributed by atoms with Gasteiger partial charge in [-0.1, -0.05) is 41.4 Å². The lowest BCUT2D eigenvalue weighted by Crippen LogP contribution is -2.50. The van der Waals surface area contributed by atoms with Gasteiger partial charge in [0.1, 0.15) is 6.61 Å². The molecule has 0 N–H and O–H groups in total. The summed E-state index contributed by atoms with van der Waals surface area (Å²) in [4.78, 5) is 21.2.